The van der Waals surface area contributed by atoms with Gasteiger partial charge in [0.1, 0.15) is 6.10 Å². The van der Waals surface area contributed by atoms with Gasteiger partial charge in [-0.25, -0.2) is 0 Å². The fourth-order valence-electron chi connectivity index (χ4n) is 2.78. The van der Waals surface area contributed by atoms with Gasteiger partial charge in [-0.1, -0.05) is 26.8 Å². The van der Waals surface area contributed by atoms with E-state index in [9.17, 15) is 4.79 Å². The highest BCUT2D eigenvalue weighted by molar-refractivity contribution is 6.74. The number of carbonyl (C=O) groups is 1. The fourth-order valence-corrected chi connectivity index (χ4v) is 3.82. The van der Waals surface area contributed by atoms with Gasteiger partial charge in [0.05, 0.1) is 26.7 Å². The lowest BCUT2D eigenvalue weighted by atomic mass is 9.90. The van der Waals surface area contributed by atoms with Crippen LogP contribution in [0.5, 0.6) is 11.5 Å². The summed E-state index contributed by atoms with van der Waals surface area (Å²) in [5.74, 6) is 0.827. The van der Waals surface area contributed by atoms with Crippen molar-refractivity contribution in [1.29, 1.82) is 0 Å². The van der Waals surface area contributed by atoms with Gasteiger partial charge in [0.2, 0.25) is 0 Å². The van der Waals surface area contributed by atoms with Crippen LogP contribution in [-0.4, -0.2) is 41.2 Å². The van der Waals surface area contributed by atoms with Gasteiger partial charge in [0, 0.05) is 0 Å². The van der Waals surface area contributed by atoms with Gasteiger partial charge in [0.15, 0.2) is 19.8 Å². The molecule has 0 amide bonds. The van der Waals surface area contributed by atoms with Gasteiger partial charge >= 0.3 is 5.97 Å². The first kappa shape index (κ1) is 20.8. The molecule has 146 valence electrons. The van der Waals surface area contributed by atoms with Gasteiger partial charge < -0.3 is 18.6 Å². The lowest BCUT2D eigenvalue weighted by Gasteiger charge is -2.38. The molecule has 1 aliphatic rings. The van der Waals surface area contributed by atoms with Crippen LogP contribution in [0.4, 0.5) is 0 Å². The average Bonchev–Trinajstić information content (AvgIpc) is 2.58. The molecule has 1 saturated heterocycles. The normalized spacial score (nSPS) is 21.3. The summed E-state index contributed by atoms with van der Waals surface area (Å²) in [6.07, 6.45) is 1.40. The molecular formula is C20H32O5Si. The first-order valence-corrected chi connectivity index (χ1v) is 12.1. The SMILES string of the molecule is COc1ccc(C2CC[C@@H](CO[Si](C)(C)C(C)(C)C)OC2=O)cc1OC. The molecule has 0 radical (unpaired) electrons. The zero-order valence-electron chi connectivity index (χ0n) is 17.0. The minimum atomic E-state index is -1.84. The Labute approximate surface area is 158 Å². The van der Waals surface area contributed by atoms with Crippen molar-refractivity contribution in [3.05, 3.63) is 23.8 Å². The molecule has 2 atom stereocenters. The van der Waals surface area contributed by atoms with Crippen molar-refractivity contribution < 1.29 is 23.4 Å². The van der Waals surface area contributed by atoms with Gasteiger partial charge in [-0.05, 0) is 48.7 Å². The highest BCUT2D eigenvalue weighted by atomic mass is 28.4. The maximum Gasteiger partial charge on any atom is 0.313 e. The molecule has 1 aromatic carbocycles. The number of esters is 1. The molecule has 1 heterocycles. The number of ether oxygens (including phenoxy) is 3. The summed E-state index contributed by atoms with van der Waals surface area (Å²) in [6.45, 7) is 11.5. The largest absolute Gasteiger partial charge is 0.493 e. The van der Waals surface area contributed by atoms with E-state index in [1.54, 1.807) is 14.2 Å². The van der Waals surface area contributed by atoms with Crippen LogP contribution in [0.15, 0.2) is 18.2 Å². The molecule has 0 N–H and O–H groups in total. The summed E-state index contributed by atoms with van der Waals surface area (Å²) in [5.41, 5.74) is 0.899. The number of carbonyl (C=O) groups excluding carboxylic acids is 1. The zero-order valence-corrected chi connectivity index (χ0v) is 18.0. The first-order chi connectivity index (χ1) is 12.1. The summed E-state index contributed by atoms with van der Waals surface area (Å²) >= 11 is 0. The van der Waals surface area contributed by atoms with Gasteiger partial charge in [-0.15, -0.1) is 0 Å². The van der Waals surface area contributed by atoms with Crippen molar-refractivity contribution in [2.45, 2.75) is 63.8 Å². The van der Waals surface area contributed by atoms with E-state index in [1.165, 1.54) is 0 Å². The van der Waals surface area contributed by atoms with E-state index in [2.05, 4.69) is 33.9 Å². The van der Waals surface area contributed by atoms with Crippen LogP contribution in [0.25, 0.3) is 0 Å². The van der Waals surface area contributed by atoms with Crippen molar-refractivity contribution in [2.24, 2.45) is 0 Å². The fraction of sp³-hybridized carbons (Fsp3) is 0.650. The van der Waals surface area contributed by atoms with Crippen molar-refractivity contribution in [2.75, 3.05) is 20.8 Å². The van der Waals surface area contributed by atoms with Crippen LogP contribution >= 0.6 is 0 Å². The minimum Gasteiger partial charge on any atom is -0.493 e. The van der Waals surface area contributed by atoms with Gasteiger partial charge in [-0.3, -0.25) is 4.79 Å². The predicted molar refractivity (Wildman–Crippen MR) is 105 cm³/mol. The molecule has 0 aromatic heterocycles. The maximum atomic E-state index is 12.5. The third-order valence-corrected chi connectivity index (χ3v) is 10.1. The minimum absolute atomic E-state index is 0.147. The maximum absolute atomic E-state index is 12.5. The lowest BCUT2D eigenvalue weighted by molar-refractivity contribution is -0.158. The van der Waals surface area contributed by atoms with E-state index in [1.807, 2.05) is 18.2 Å². The summed E-state index contributed by atoms with van der Waals surface area (Å²) in [7, 11) is 1.35. The highest BCUT2D eigenvalue weighted by Crippen LogP contribution is 2.38. The summed E-state index contributed by atoms with van der Waals surface area (Å²) in [5, 5.41) is 0.147. The zero-order chi connectivity index (χ0) is 19.5. The monoisotopic (exact) mass is 380 g/mol. The second-order valence-corrected chi connectivity index (χ2v) is 13.2. The van der Waals surface area contributed by atoms with Crippen molar-refractivity contribution in [1.82, 2.24) is 0 Å². The third kappa shape index (κ3) is 4.60. The van der Waals surface area contributed by atoms with E-state index >= 15 is 0 Å². The van der Waals surface area contributed by atoms with E-state index in [4.69, 9.17) is 18.6 Å². The topological polar surface area (TPSA) is 54.0 Å². The van der Waals surface area contributed by atoms with Crippen LogP contribution in [0.3, 0.4) is 0 Å². The quantitative estimate of drug-likeness (QED) is 0.537. The standard InChI is InChI=1S/C20H32O5Si/c1-20(2,3)26(6,7)24-13-15-9-10-16(19(21)25-15)14-8-11-17(22-4)18(12-14)23-5/h8,11-12,15-16H,9-10,13H2,1-7H3/t15-,16?/m0/s1. The second kappa shape index (κ2) is 8.01. The molecule has 1 aromatic rings. The molecule has 0 spiro atoms. The smallest absolute Gasteiger partial charge is 0.313 e. The molecule has 0 aliphatic carbocycles. The van der Waals surface area contributed by atoms with Crippen LogP contribution in [0.1, 0.15) is 45.1 Å². The average molecular weight is 381 g/mol. The number of hydrogen-bond acceptors (Lipinski definition) is 5. The second-order valence-electron chi connectivity index (χ2n) is 8.37. The van der Waals surface area contributed by atoms with Gasteiger partial charge in [-0.2, -0.15) is 0 Å². The van der Waals surface area contributed by atoms with Crippen LogP contribution in [-0.2, 0) is 14.0 Å². The van der Waals surface area contributed by atoms with E-state index in [-0.39, 0.29) is 23.0 Å². The van der Waals surface area contributed by atoms with Crippen LogP contribution < -0.4 is 9.47 Å². The molecule has 5 nitrogen and oxygen atoms in total. The number of rotatable bonds is 6. The Morgan fingerprint density at radius 2 is 1.77 bits per heavy atom. The molecule has 1 fully saturated rings. The van der Waals surface area contributed by atoms with Crippen molar-refractivity contribution in [3.8, 4) is 11.5 Å². The summed E-state index contributed by atoms with van der Waals surface area (Å²) < 4.78 is 22.5. The number of benzene rings is 1. The Morgan fingerprint density at radius 3 is 2.31 bits per heavy atom. The molecule has 2 rings (SSSR count). The Bertz CT molecular complexity index is 636. The highest BCUT2D eigenvalue weighted by Gasteiger charge is 2.39. The van der Waals surface area contributed by atoms with Crippen LogP contribution in [0, 0.1) is 0 Å². The Balaban J connectivity index is 2.00. The molecule has 1 unspecified atom stereocenters. The number of methoxy groups -OCH3 is 2. The third-order valence-electron chi connectivity index (χ3n) is 5.59. The van der Waals surface area contributed by atoms with Crippen LogP contribution in [0.2, 0.25) is 18.1 Å². The predicted octanol–water partition coefficient (Wildman–Crippen LogP) is 4.51. The van der Waals surface area contributed by atoms with E-state index in [0.29, 0.717) is 18.1 Å². The Hall–Kier alpha value is -1.53. The molecule has 1 aliphatic heterocycles. The van der Waals surface area contributed by atoms with E-state index < -0.39 is 8.32 Å². The number of cyclic esters (lactones) is 1. The lowest BCUT2D eigenvalue weighted by Crippen LogP contribution is -2.44. The first-order valence-electron chi connectivity index (χ1n) is 9.15. The molecule has 0 bridgehead atoms. The Morgan fingerprint density at radius 1 is 1.12 bits per heavy atom. The number of hydrogen-bond donors (Lipinski definition) is 0. The molecule has 0 saturated carbocycles. The molecule has 26 heavy (non-hydrogen) atoms. The summed E-state index contributed by atoms with van der Waals surface area (Å²) in [6, 6.07) is 5.59. The Kier molecular flexibility index (Phi) is 6.40. The van der Waals surface area contributed by atoms with Gasteiger partial charge in [0.25, 0.3) is 0 Å². The summed E-state index contributed by atoms with van der Waals surface area (Å²) in [4.78, 5) is 12.5. The van der Waals surface area contributed by atoms with E-state index in [0.717, 1.165) is 18.4 Å². The van der Waals surface area contributed by atoms with Crippen molar-refractivity contribution >= 4 is 14.3 Å². The van der Waals surface area contributed by atoms with Crippen molar-refractivity contribution in [3.63, 3.8) is 0 Å². The molecular weight excluding hydrogens is 348 g/mol. The molecule has 6 heteroatoms.